The van der Waals surface area contributed by atoms with Crippen LogP contribution in [0.2, 0.25) is 5.02 Å². The number of amides is 1. The molecule has 2 rings (SSSR count). The SMILES string of the molecule is CCCNC(=O)Cc1c[nH]c2cc(Cl)ccc12. The zero-order chi connectivity index (χ0) is 12.3. The summed E-state index contributed by atoms with van der Waals surface area (Å²) in [7, 11) is 0. The highest BCUT2D eigenvalue weighted by Crippen LogP contribution is 2.22. The molecule has 3 nitrogen and oxygen atoms in total. The van der Waals surface area contributed by atoms with E-state index in [-0.39, 0.29) is 5.91 Å². The van der Waals surface area contributed by atoms with E-state index in [0.29, 0.717) is 11.4 Å². The van der Waals surface area contributed by atoms with E-state index in [4.69, 9.17) is 11.6 Å². The number of nitrogens with one attached hydrogen (secondary N) is 2. The predicted molar refractivity (Wildman–Crippen MR) is 70.3 cm³/mol. The Morgan fingerprint density at radius 3 is 3.06 bits per heavy atom. The molecule has 4 heteroatoms. The summed E-state index contributed by atoms with van der Waals surface area (Å²) in [6, 6.07) is 5.64. The molecule has 0 bridgehead atoms. The van der Waals surface area contributed by atoms with E-state index in [1.165, 1.54) is 0 Å². The van der Waals surface area contributed by atoms with Gasteiger partial charge in [-0.25, -0.2) is 0 Å². The number of rotatable bonds is 4. The van der Waals surface area contributed by atoms with Crippen LogP contribution in [0.4, 0.5) is 0 Å². The van der Waals surface area contributed by atoms with Crippen LogP contribution >= 0.6 is 11.6 Å². The van der Waals surface area contributed by atoms with E-state index < -0.39 is 0 Å². The Bertz CT molecular complexity index is 533. The maximum Gasteiger partial charge on any atom is 0.224 e. The molecular weight excluding hydrogens is 236 g/mol. The summed E-state index contributed by atoms with van der Waals surface area (Å²) >= 11 is 5.90. The van der Waals surface area contributed by atoms with E-state index in [2.05, 4.69) is 10.3 Å². The van der Waals surface area contributed by atoms with Gasteiger partial charge in [0.2, 0.25) is 5.91 Å². The lowest BCUT2D eigenvalue weighted by Gasteiger charge is -2.02. The summed E-state index contributed by atoms with van der Waals surface area (Å²) in [5, 5.41) is 4.62. The first kappa shape index (κ1) is 12.0. The molecule has 0 atom stereocenters. The second-order valence-corrected chi connectivity index (χ2v) is 4.47. The number of hydrogen-bond acceptors (Lipinski definition) is 1. The number of fused-ring (bicyclic) bond motifs is 1. The highest BCUT2D eigenvalue weighted by molar-refractivity contribution is 6.31. The number of hydrogen-bond donors (Lipinski definition) is 2. The quantitative estimate of drug-likeness (QED) is 0.861. The number of carbonyl (C=O) groups excluding carboxylic acids is 1. The summed E-state index contributed by atoms with van der Waals surface area (Å²) < 4.78 is 0. The summed E-state index contributed by atoms with van der Waals surface area (Å²) in [5.74, 6) is 0.0581. The average Bonchev–Trinajstić information content (AvgIpc) is 2.69. The Hall–Kier alpha value is -1.48. The molecule has 2 N–H and O–H groups in total. The van der Waals surface area contributed by atoms with E-state index in [1.54, 1.807) is 0 Å². The normalized spacial score (nSPS) is 10.7. The van der Waals surface area contributed by atoms with Crippen molar-refractivity contribution < 1.29 is 4.79 Å². The minimum atomic E-state index is 0.0581. The van der Waals surface area contributed by atoms with Gasteiger partial charge in [-0.3, -0.25) is 4.79 Å². The minimum absolute atomic E-state index is 0.0581. The van der Waals surface area contributed by atoms with E-state index in [9.17, 15) is 4.79 Å². The number of aromatic nitrogens is 1. The van der Waals surface area contributed by atoms with Gasteiger partial charge >= 0.3 is 0 Å². The van der Waals surface area contributed by atoms with E-state index >= 15 is 0 Å². The largest absolute Gasteiger partial charge is 0.361 e. The van der Waals surface area contributed by atoms with Crippen LogP contribution in [0.5, 0.6) is 0 Å². The summed E-state index contributed by atoms with van der Waals surface area (Å²) in [5.41, 5.74) is 1.97. The van der Waals surface area contributed by atoms with Crippen molar-refractivity contribution in [3.05, 3.63) is 35.0 Å². The van der Waals surface area contributed by atoms with Crippen LogP contribution in [0.1, 0.15) is 18.9 Å². The van der Waals surface area contributed by atoms with Crippen molar-refractivity contribution in [2.24, 2.45) is 0 Å². The Labute approximate surface area is 105 Å². The molecule has 90 valence electrons. The van der Waals surface area contributed by atoms with Crippen LogP contribution in [-0.4, -0.2) is 17.4 Å². The molecule has 0 radical (unpaired) electrons. The Morgan fingerprint density at radius 1 is 1.47 bits per heavy atom. The third kappa shape index (κ3) is 2.80. The lowest BCUT2D eigenvalue weighted by atomic mass is 10.1. The van der Waals surface area contributed by atoms with Gasteiger partial charge in [0.25, 0.3) is 0 Å². The molecular formula is C13H15ClN2O. The number of benzene rings is 1. The van der Waals surface area contributed by atoms with Crippen LogP contribution in [0.3, 0.4) is 0 Å². The van der Waals surface area contributed by atoms with Crippen molar-refractivity contribution in [1.29, 1.82) is 0 Å². The summed E-state index contributed by atoms with van der Waals surface area (Å²) in [6.45, 7) is 2.76. The molecule has 0 aliphatic heterocycles. The number of H-pyrrole nitrogens is 1. The predicted octanol–water partition coefficient (Wildman–Crippen LogP) is 2.89. The maximum absolute atomic E-state index is 11.6. The molecule has 1 aromatic carbocycles. The molecule has 17 heavy (non-hydrogen) atoms. The van der Waals surface area contributed by atoms with Crippen LogP contribution in [0.25, 0.3) is 10.9 Å². The zero-order valence-corrected chi connectivity index (χ0v) is 10.5. The number of carbonyl (C=O) groups is 1. The molecule has 2 aromatic rings. The molecule has 0 saturated heterocycles. The lowest BCUT2D eigenvalue weighted by molar-refractivity contribution is -0.120. The van der Waals surface area contributed by atoms with Gasteiger partial charge in [0.1, 0.15) is 0 Å². The maximum atomic E-state index is 11.6. The molecule has 0 aliphatic rings. The molecule has 0 saturated carbocycles. The molecule has 0 fully saturated rings. The van der Waals surface area contributed by atoms with Crippen molar-refractivity contribution >= 4 is 28.4 Å². The first-order valence-corrected chi connectivity index (χ1v) is 6.10. The topological polar surface area (TPSA) is 44.9 Å². The standard InChI is InChI=1S/C13H15ClN2O/c1-2-5-15-13(17)6-9-8-16-12-7-10(14)3-4-11(9)12/h3-4,7-8,16H,2,5-6H2,1H3,(H,15,17). The highest BCUT2D eigenvalue weighted by atomic mass is 35.5. The number of halogens is 1. The van der Waals surface area contributed by atoms with Crippen molar-refractivity contribution in [2.45, 2.75) is 19.8 Å². The van der Waals surface area contributed by atoms with Crippen molar-refractivity contribution in [3.63, 3.8) is 0 Å². The first-order valence-electron chi connectivity index (χ1n) is 5.73. The second-order valence-electron chi connectivity index (χ2n) is 4.03. The zero-order valence-electron chi connectivity index (χ0n) is 9.72. The van der Waals surface area contributed by atoms with Crippen molar-refractivity contribution in [2.75, 3.05) is 6.54 Å². The molecule has 0 spiro atoms. The molecule has 1 amide bonds. The van der Waals surface area contributed by atoms with E-state index in [0.717, 1.165) is 29.4 Å². The summed E-state index contributed by atoms with van der Waals surface area (Å²) in [6.07, 6.45) is 3.23. The molecule has 1 aromatic heterocycles. The molecule has 0 aliphatic carbocycles. The lowest BCUT2D eigenvalue weighted by Crippen LogP contribution is -2.25. The van der Waals surface area contributed by atoms with Crippen molar-refractivity contribution in [3.8, 4) is 0 Å². The van der Waals surface area contributed by atoms with Crippen LogP contribution in [-0.2, 0) is 11.2 Å². The third-order valence-corrected chi connectivity index (χ3v) is 2.89. The van der Waals surface area contributed by atoms with Crippen LogP contribution in [0.15, 0.2) is 24.4 Å². The van der Waals surface area contributed by atoms with Gasteiger partial charge in [-0.05, 0) is 24.1 Å². The van der Waals surface area contributed by atoms with Crippen LogP contribution in [0, 0.1) is 0 Å². The van der Waals surface area contributed by atoms with Gasteiger partial charge in [0.15, 0.2) is 0 Å². The number of aromatic amines is 1. The summed E-state index contributed by atoms with van der Waals surface area (Å²) in [4.78, 5) is 14.8. The Kier molecular flexibility index (Phi) is 3.69. The fourth-order valence-electron chi connectivity index (χ4n) is 1.80. The van der Waals surface area contributed by atoms with E-state index in [1.807, 2.05) is 31.3 Å². The minimum Gasteiger partial charge on any atom is -0.361 e. The fraction of sp³-hybridized carbons (Fsp3) is 0.308. The van der Waals surface area contributed by atoms with Gasteiger partial charge in [0.05, 0.1) is 6.42 Å². The van der Waals surface area contributed by atoms with Gasteiger partial charge in [0, 0.05) is 28.7 Å². The molecule has 0 unspecified atom stereocenters. The van der Waals surface area contributed by atoms with Gasteiger partial charge in [-0.2, -0.15) is 0 Å². The van der Waals surface area contributed by atoms with Crippen molar-refractivity contribution in [1.82, 2.24) is 10.3 Å². The Balaban J connectivity index is 2.16. The third-order valence-electron chi connectivity index (χ3n) is 2.65. The smallest absolute Gasteiger partial charge is 0.224 e. The highest BCUT2D eigenvalue weighted by Gasteiger charge is 2.08. The van der Waals surface area contributed by atoms with Gasteiger partial charge < -0.3 is 10.3 Å². The Morgan fingerprint density at radius 2 is 2.29 bits per heavy atom. The second kappa shape index (κ2) is 5.23. The average molecular weight is 251 g/mol. The van der Waals surface area contributed by atoms with Gasteiger partial charge in [-0.15, -0.1) is 0 Å². The molecule has 1 heterocycles. The fourth-order valence-corrected chi connectivity index (χ4v) is 1.98. The van der Waals surface area contributed by atoms with Crippen LogP contribution < -0.4 is 5.32 Å². The first-order chi connectivity index (χ1) is 8.20. The monoisotopic (exact) mass is 250 g/mol. The van der Waals surface area contributed by atoms with Gasteiger partial charge in [-0.1, -0.05) is 24.6 Å².